The van der Waals surface area contributed by atoms with E-state index < -0.39 is 41.1 Å². The minimum Gasteiger partial charge on any atom is -0.496 e. The molecule has 23 heteroatoms. The number of carbonyl (C=O) groups excluding carboxylic acids is 6. The number of amidine groups is 1. The molecule has 2 fully saturated rings. The second-order valence-electron chi connectivity index (χ2n) is 23.9. The topological polar surface area (TPSA) is 326 Å². The zero-order valence-electron chi connectivity index (χ0n) is 54.7. The number of hydrogen-bond acceptors (Lipinski definition) is 14. The number of ether oxygens (including phenoxy) is 3. The first kappa shape index (κ1) is 75.7. The predicted molar refractivity (Wildman–Crippen MR) is 354 cm³/mol. The first-order chi connectivity index (χ1) is 42.3. The van der Waals surface area contributed by atoms with Crippen molar-refractivity contribution in [3.05, 3.63) is 93.3 Å². The molecule has 2 atom stereocenters. The largest absolute Gasteiger partial charge is 0.496 e. The molecule has 89 heavy (non-hydrogen) atoms. The fraction of sp³-hybridized carbons (Fsp3) is 0.576. The van der Waals surface area contributed by atoms with E-state index in [4.69, 9.17) is 41.5 Å². The molecule has 7 amide bonds. The summed E-state index contributed by atoms with van der Waals surface area (Å²) in [5.41, 5.74) is 22.3. The van der Waals surface area contributed by atoms with E-state index in [1.807, 2.05) is 53.8 Å². The van der Waals surface area contributed by atoms with Gasteiger partial charge in [-0.15, -0.1) is 11.8 Å². The maximum Gasteiger partial charge on any atom is 0.407 e. The molecular weight excluding hydrogens is 1150 g/mol. The van der Waals surface area contributed by atoms with Gasteiger partial charge in [-0.2, -0.15) is 0 Å². The number of anilines is 1. The Morgan fingerprint density at radius 1 is 0.854 bits per heavy atom. The van der Waals surface area contributed by atoms with E-state index >= 15 is 0 Å². The van der Waals surface area contributed by atoms with Gasteiger partial charge in [0, 0.05) is 78.6 Å². The number of allylic oxidation sites excluding steroid dienone is 1. The number of unbranched alkanes of at least 4 members (excludes halogenated alkanes) is 3. The fourth-order valence-corrected chi connectivity index (χ4v) is 10.6. The van der Waals surface area contributed by atoms with Crippen molar-refractivity contribution >= 4 is 77.4 Å². The average molecular weight is 1260 g/mol. The number of methoxy groups -OCH3 is 1. The number of hydrogen-bond donors (Lipinski definition) is 9. The van der Waals surface area contributed by atoms with Crippen molar-refractivity contribution in [1.82, 2.24) is 30.7 Å². The molecule has 2 heterocycles. The summed E-state index contributed by atoms with van der Waals surface area (Å²) in [5.74, 6) is 0.118. The highest BCUT2D eigenvalue weighted by molar-refractivity contribution is 8.00. The molecule has 5 rings (SSSR count). The number of aliphatic imine (C=N–C) groups is 1. The van der Waals surface area contributed by atoms with Crippen molar-refractivity contribution in [3.8, 4) is 5.75 Å². The smallest absolute Gasteiger partial charge is 0.407 e. The summed E-state index contributed by atoms with van der Waals surface area (Å²) in [4.78, 5) is 88.7. The highest BCUT2D eigenvalue weighted by Gasteiger charge is 2.40. The van der Waals surface area contributed by atoms with E-state index in [0.29, 0.717) is 69.3 Å². The summed E-state index contributed by atoms with van der Waals surface area (Å²) in [6.07, 6.45) is 11.0. The number of rotatable bonds is 35. The molecule has 0 radical (unpaired) electrons. The second-order valence-corrected chi connectivity index (χ2v) is 25.2. The highest BCUT2D eigenvalue weighted by Crippen LogP contribution is 2.32. The van der Waals surface area contributed by atoms with Crippen molar-refractivity contribution in [1.29, 1.82) is 0 Å². The van der Waals surface area contributed by atoms with E-state index in [1.54, 1.807) is 31.4 Å². The lowest BCUT2D eigenvalue weighted by Gasteiger charge is -2.30. The zero-order chi connectivity index (χ0) is 66.3. The normalized spacial score (nSPS) is 14.7. The number of nitrogens with one attached hydrogen (secondary N) is 5. The van der Waals surface area contributed by atoms with Gasteiger partial charge in [-0.3, -0.25) is 28.9 Å². The first-order valence-electron chi connectivity index (χ1n) is 31.2. The van der Waals surface area contributed by atoms with Crippen LogP contribution in [0.5, 0.6) is 5.75 Å². The SMILES string of the molecule is C=c1ccn(Cc2ccc(C(C)(C)COCC(C)(C)CNC(=O)OCc3ccc(NC(=O)CCCCNC(N)=O)cc3)cc2OC)/c1=C(/N=C(/N)CCC)NCCCCC.CC.CC(C)C(NC(=O)CN1C(=O)CC(SCCC(=O)O)C1=O)C(N)=C1CCC1. The Morgan fingerprint density at radius 3 is 2.16 bits per heavy atom. The van der Waals surface area contributed by atoms with E-state index in [0.717, 1.165) is 119 Å². The van der Waals surface area contributed by atoms with Crippen molar-refractivity contribution < 1.29 is 52.9 Å². The first-order valence-corrected chi connectivity index (χ1v) is 32.3. The zero-order valence-corrected chi connectivity index (χ0v) is 55.5. The summed E-state index contributed by atoms with van der Waals surface area (Å²) in [6, 6.07) is 14.5. The third kappa shape index (κ3) is 26.6. The Labute approximate surface area is 531 Å². The number of nitrogens with two attached hydrogens (primary N) is 3. The number of imide groups is 1. The maximum atomic E-state index is 12.6. The number of benzene rings is 2. The number of aromatic nitrogens is 1. The fourth-order valence-electron chi connectivity index (χ4n) is 9.46. The lowest BCUT2D eigenvalue weighted by Crippen LogP contribution is -2.48. The number of alkyl carbamates (subject to hydrolysis) is 1. The minimum absolute atomic E-state index is 0.00377. The lowest BCUT2D eigenvalue weighted by molar-refractivity contribution is -0.142. The van der Waals surface area contributed by atoms with Crippen LogP contribution in [0.15, 0.2) is 71.0 Å². The van der Waals surface area contributed by atoms with Gasteiger partial charge in [0.2, 0.25) is 23.6 Å². The number of amides is 7. The van der Waals surface area contributed by atoms with E-state index in [-0.39, 0.29) is 60.4 Å². The van der Waals surface area contributed by atoms with Gasteiger partial charge in [0.25, 0.3) is 0 Å². The van der Waals surface area contributed by atoms with Gasteiger partial charge in [-0.25, -0.2) is 14.6 Å². The summed E-state index contributed by atoms with van der Waals surface area (Å²) >= 11 is 1.14. The van der Waals surface area contributed by atoms with Crippen LogP contribution in [0, 0.1) is 11.3 Å². The Morgan fingerprint density at radius 2 is 1.54 bits per heavy atom. The van der Waals surface area contributed by atoms with Crippen LogP contribution in [0.3, 0.4) is 0 Å². The van der Waals surface area contributed by atoms with E-state index in [9.17, 15) is 33.6 Å². The quantitative estimate of drug-likeness (QED) is 0.0117. The predicted octanol–water partition coefficient (Wildman–Crippen LogP) is 7.87. The molecule has 2 aliphatic rings. The number of thioether (sulfide) groups is 1. The van der Waals surface area contributed by atoms with Crippen LogP contribution in [0.2, 0.25) is 0 Å². The monoisotopic (exact) mass is 1260 g/mol. The van der Waals surface area contributed by atoms with Crippen LogP contribution < -0.4 is 59.1 Å². The standard InChI is InChI=1S/C46H70N8O6.C18H27N3O5S.C2H6/c1-9-11-13-24-49-42(53-39(47)15-10-2)41-33(3)23-26-54(41)28-35-19-20-36(27-38(35)58-8)46(6,7)32-59-31-45(4,5)30-51-44(57)60-29-34-17-21-37(22-18-34)52-40(55)16-12-14-25-50-43(48)56;1-10(2)17(16(19)11-4-3-5-11)20-13(22)9-21-14(23)8-12(18(21)26)27-7-6-15(24)25;1-2/h17-23,26-27,49H,3,9-16,24-25,28-32H2,1-2,4-8H3,(H2,47,53)(H,51,57)(H,52,55)(H3,48,50,56);10,12,17H,3-9,19H2,1-2H3,(H,20,22)(H,24,25);1-2H3/b42-41+;;. The Bertz CT molecular complexity index is 2970. The van der Waals surface area contributed by atoms with Gasteiger partial charge < -0.3 is 67.7 Å². The van der Waals surface area contributed by atoms with Crippen LogP contribution in [-0.2, 0) is 52.0 Å². The summed E-state index contributed by atoms with van der Waals surface area (Å²) in [7, 11) is 1.69. The van der Waals surface area contributed by atoms with Gasteiger partial charge in [-0.1, -0.05) is 113 Å². The van der Waals surface area contributed by atoms with Crippen LogP contribution in [0.4, 0.5) is 15.3 Å². The Hall–Kier alpha value is -7.53. The number of carboxylic acids is 1. The third-order valence-corrected chi connectivity index (χ3v) is 16.0. The number of primary amides is 1. The number of likely N-dealkylation sites (tertiary alicyclic amines) is 1. The molecule has 1 saturated heterocycles. The van der Waals surface area contributed by atoms with Crippen LogP contribution in [-0.4, -0.2) is 126 Å². The number of carbonyl (C=O) groups is 7. The number of nitrogens with zero attached hydrogens (tertiary/aromatic N) is 3. The van der Waals surface area contributed by atoms with Gasteiger partial charge in [0.15, 0.2) is 5.82 Å². The molecule has 2 unspecified atom stereocenters. The molecule has 3 aromatic rings. The Balaban J connectivity index is 0.000000592. The van der Waals surface area contributed by atoms with Gasteiger partial charge >= 0.3 is 18.1 Å². The molecule has 1 aliphatic carbocycles. The molecule has 22 nitrogen and oxygen atoms in total. The number of urea groups is 1. The Kier molecular flexibility index (Phi) is 33.0. The molecule has 1 aromatic heterocycles. The molecule has 12 N–H and O–H groups in total. The van der Waals surface area contributed by atoms with Crippen molar-refractivity contribution in [2.45, 2.75) is 183 Å². The minimum atomic E-state index is -0.951. The van der Waals surface area contributed by atoms with E-state index in [2.05, 4.69) is 83.6 Å². The van der Waals surface area contributed by atoms with Gasteiger partial charge in [0.1, 0.15) is 24.7 Å². The third-order valence-electron chi connectivity index (χ3n) is 14.7. The molecule has 1 saturated carbocycles. The summed E-state index contributed by atoms with van der Waals surface area (Å²) < 4.78 is 19.8. The number of aliphatic carboxylic acids is 1. The van der Waals surface area contributed by atoms with Crippen LogP contribution in [0.1, 0.15) is 169 Å². The van der Waals surface area contributed by atoms with Crippen LogP contribution in [0.25, 0.3) is 12.4 Å². The van der Waals surface area contributed by atoms with E-state index in [1.165, 1.54) is 0 Å². The molecule has 2 aromatic carbocycles. The second kappa shape index (κ2) is 38.8. The molecule has 0 spiro atoms. The number of carboxylic acid groups (broad SMARTS) is 1. The van der Waals surface area contributed by atoms with Crippen molar-refractivity contribution in [2.75, 3.05) is 57.6 Å². The van der Waals surface area contributed by atoms with Crippen molar-refractivity contribution in [3.63, 3.8) is 0 Å². The summed E-state index contributed by atoms with van der Waals surface area (Å²) in [5, 5.41) is 24.4. The maximum absolute atomic E-state index is 12.6. The van der Waals surface area contributed by atoms with Gasteiger partial charge in [-0.05, 0) is 97.0 Å². The molecule has 1 aliphatic heterocycles. The summed E-state index contributed by atoms with van der Waals surface area (Å²) in [6.45, 7) is 27.6. The lowest BCUT2D eigenvalue weighted by atomic mass is 9.84. The van der Waals surface area contributed by atoms with Gasteiger partial charge in [0.05, 0.1) is 49.9 Å². The molecule has 494 valence electrons. The average Bonchev–Trinajstić information content (AvgIpc) is 2.70. The molecular formula is C66H103N11O11S. The van der Waals surface area contributed by atoms with Crippen LogP contribution >= 0.6 is 11.8 Å². The van der Waals surface area contributed by atoms with Crippen molar-refractivity contribution in [2.24, 2.45) is 33.5 Å². The molecule has 0 bridgehead atoms. The highest BCUT2D eigenvalue weighted by atomic mass is 32.2.